The van der Waals surface area contributed by atoms with Gasteiger partial charge in [-0.2, -0.15) is 0 Å². The molecule has 180 valence electrons. The molecule has 0 radical (unpaired) electrons. The summed E-state index contributed by atoms with van der Waals surface area (Å²) in [6.07, 6.45) is 9.18. The molecule has 34 heavy (non-hydrogen) atoms. The lowest BCUT2D eigenvalue weighted by Crippen LogP contribution is -2.51. The van der Waals surface area contributed by atoms with Crippen molar-refractivity contribution in [3.8, 4) is 0 Å². The third-order valence-corrected chi connectivity index (χ3v) is 9.30. The molecule has 1 amide bonds. The first kappa shape index (κ1) is 22.1. The maximum atomic E-state index is 13.4. The Morgan fingerprint density at radius 2 is 1.68 bits per heavy atom. The van der Waals surface area contributed by atoms with Crippen molar-refractivity contribution in [1.29, 1.82) is 0 Å². The van der Waals surface area contributed by atoms with E-state index in [1.54, 1.807) is 6.07 Å². The second kappa shape index (κ2) is 8.40. The zero-order chi connectivity index (χ0) is 23.4. The zero-order valence-electron chi connectivity index (χ0n) is 19.4. The van der Waals surface area contributed by atoms with Crippen LogP contribution in [0.4, 0.5) is 5.82 Å². The number of halogens is 1. The molecule has 7 heteroatoms. The number of pyridine rings is 1. The number of anilines is 1. The van der Waals surface area contributed by atoms with Gasteiger partial charge in [-0.3, -0.25) is 9.59 Å². The number of rotatable bonds is 5. The fourth-order valence-corrected chi connectivity index (χ4v) is 8.04. The normalized spacial score (nSPS) is 30.6. The number of carbonyl (C=O) groups excluding carboxylic acids is 1. The van der Waals surface area contributed by atoms with Crippen LogP contribution in [-0.2, 0) is 4.79 Å². The van der Waals surface area contributed by atoms with Gasteiger partial charge in [0.25, 0.3) is 5.91 Å². The molecule has 0 atom stereocenters. The predicted molar refractivity (Wildman–Crippen MR) is 132 cm³/mol. The lowest BCUT2D eigenvalue weighted by Gasteiger charge is -2.56. The van der Waals surface area contributed by atoms with Crippen LogP contribution in [0.3, 0.4) is 0 Å². The van der Waals surface area contributed by atoms with E-state index in [9.17, 15) is 14.7 Å². The molecule has 2 aromatic rings. The van der Waals surface area contributed by atoms with Crippen molar-refractivity contribution in [1.82, 2.24) is 10.3 Å². The summed E-state index contributed by atoms with van der Waals surface area (Å²) >= 11 is 6.53. The second-order valence-electron chi connectivity index (χ2n) is 11.4. The van der Waals surface area contributed by atoms with Crippen LogP contribution in [-0.4, -0.2) is 41.6 Å². The molecule has 1 aromatic carbocycles. The second-order valence-corrected chi connectivity index (χ2v) is 11.8. The molecule has 0 spiro atoms. The molecule has 5 fully saturated rings. The first-order chi connectivity index (χ1) is 16.4. The number of carboxylic acid groups (broad SMARTS) is 1. The molecule has 2 heterocycles. The third-order valence-electron chi connectivity index (χ3n) is 8.99. The van der Waals surface area contributed by atoms with Gasteiger partial charge in [0.1, 0.15) is 5.82 Å². The molecular formula is C27H32ClN3O3. The molecule has 1 aromatic heterocycles. The van der Waals surface area contributed by atoms with Crippen molar-refractivity contribution in [3.63, 3.8) is 0 Å². The number of benzene rings is 1. The van der Waals surface area contributed by atoms with Crippen LogP contribution in [0.2, 0.25) is 5.02 Å². The van der Waals surface area contributed by atoms with E-state index in [2.05, 4.69) is 10.2 Å². The smallest absolute Gasteiger partial charge is 0.306 e. The van der Waals surface area contributed by atoms with E-state index < -0.39 is 5.97 Å². The summed E-state index contributed by atoms with van der Waals surface area (Å²) in [5, 5.41) is 13.7. The summed E-state index contributed by atoms with van der Waals surface area (Å²) in [6.45, 7) is 2.08. The number of piperidine rings is 1. The molecule has 4 saturated carbocycles. The van der Waals surface area contributed by atoms with Gasteiger partial charge < -0.3 is 15.3 Å². The predicted octanol–water partition coefficient (Wildman–Crippen LogP) is 5.14. The minimum Gasteiger partial charge on any atom is -0.481 e. The van der Waals surface area contributed by atoms with E-state index >= 15 is 0 Å². The van der Waals surface area contributed by atoms with E-state index in [1.807, 2.05) is 18.2 Å². The zero-order valence-corrected chi connectivity index (χ0v) is 20.2. The van der Waals surface area contributed by atoms with Gasteiger partial charge in [0, 0.05) is 25.0 Å². The Bertz CT molecular complexity index is 1110. The van der Waals surface area contributed by atoms with Crippen LogP contribution in [0, 0.1) is 29.1 Å². The Kier molecular flexibility index (Phi) is 5.47. The van der Waals surface area contributed by atoms with Crippen LogP contribution >= 0.6 is 11.6 Å². The molecule has 4 bridgehead atoms. The van der Waals surface area contributed by atoms with Crippen LogP contribution in [0.25, 0.3) is 10.9 Å². The molecular weight excluding hydrogens is 450 g/mol. The fraction of sp³-hybridized carbons (Fsp3) is 0.593. The van der Waals surface area contributed by atoms with Gasteiger partial charge in [-0.05, 0) is 98.8 Å². The molecule has 1 saturated heterocycles. The fourth-order valence-electron chi connectivity index (χ4n) is 7.79. The Balaban J connectivity index is 1.20. The van der Waals surface area contributed by atoms with Crippen LogP contribution in [0.5, 0.6) is 0 Å². The van der Waals surface area contributed by atoms with Crippen molar-refractivity contribution in [2.75, 3.05) is 24.5 Å². The van der Waals surface area contributed by atoms with Crippen molar-refractivity contribution in [2.24, 2.45) is 29.1 Å². The molecule has 2 N–H and O–H groups in total. The Morgan fingerprint density at radius 1 is 1.03 bits per heavy atom. The number of carbonyl (C=O) groups is 2. The average molecular weight is 482 g/mol. The van der Waals surface area contributed by atoms with Gasteiger partial charge in [0.05, 0.1) is 22.0 Å². The van der Waals surface area contributed by atoms with E-state index in [-0.39, 0.29) is 17.2 Å². The minimum atomic E-state index is -0.718. The van der Waals surface area contributed by atoms with Gasteiger partial charge in [-0.15, -0.1) is 0 Å². The van der Waals surface area contributed by atoms with E-state index in [0.29, 0.717) is 36.5 Å². The lowest BCUT2D eigenvalue weighted by atomic mass is 9.49. The number of amides is 1. The molecule has 4 aliphatic carbocycles. The summed E-state index contributed by atoms with van der Waals surface area (Å²) in [5.74, 6) is 2.28. The minimum absolute atomic E-state index is 0.108. The Hall–Kier alpha value is -2.34. The van der Waals surface area contributed by atoms with Crippen LogP contribution < -0.4 is 10.2 Å². The van der Waals surface area contributed by atoms with E-state index in [4.69, 9.17) is 16.6 Å². The number of carboxylic acids is 1. The maximum Gasteiger partial charge on any atom is 0.306 e. The molecule has 6 nitrogen and oxygen atoms in total. The largest absolute Gasteiger partial charge is 0.481 e. The summed E-state index contributed by atoms with van der Waals surface area (Å²) < 4.78 is 0. The highest BCUT2D eigenvalue weighted by Crippen LogP contribution is 2.59. The molecule has 5 aliphatic rings. The number of nitrogens with one attached hydrogen (secondary N) is 1. The Labute approximate surface area is 205 Å². The monoisotopic (exact) mass is 481 g/mol. The van der Waals surface area contributed by atoms with E-state index in [1.165, 1.54) is 38.5 Å². The summed E-state index contributed by atoms with van der Waals surface area (Å²) in [7, 11) is 0. The van der Waals surface area contributed by atoms with Gasteiger partial charge in [0.2, 0.25) is 0 Å². The number of aliphatic carboxylic acids is 1. The molecule has 0 unspecified atom stereocenters. The Morgan fingerprint density at radius 3 is 2.29 bits per heavy atom. The third kappa shape index (κ3) is 3.94. The number of fused-ring (bicyclic) bond motifs is 1. The summed E-state index contributed by atoms with van der Waals surface area (Å²) in [6, 6.07) is 7.49. The van der Waals surface area contributed by atoms with Gasteiger partial charge >= 0.3 is 5.97 Å². The van der Waals surface area contributed by atoms with Gasteiger partial charge in [-0.1, -0.05) is 11.6 Å². The van der Waals surface area contributed by atoms with Crippen molar-refractivity contribution < 1.29 is 14.7 Å². The molecule has 7 rings (SSSR count). The maximum absolute atomic E-state index is 13.4. The average Bonchev–Trinajstić information content (AvgIpc) is 2.81. The first-order valence-corrected chi connectivity index (χ1v) is 13.1. The van der Waals surface area contributed by atoms with Crippen molar-refractivity contribution in [2.45, 2.75) is 51.4 Å². The van der Waals surface area contributed by atoms with Gasteiger partial charge in [-0.25, -0.2) is 4.98 Å². The summed E-state index contributed by atoms with van der Waals surface area (Å²) in [5.41, 5.74) is 1.52. The highest BCUT2D eigenvalue weighted by Gasteiger charge is 2.50. The van der Waals surface area contributed by atoms with Crippen molar-refractivity contribution in [3.05, 3.63) is 34.9 Å². The molecule has 1 aliphatic heterocycles. The SMILES string of the molecule is O=C(NCC12CC3CC(CC(C3)C1)C2)c1c(Cl)ccc2nc(N3CCC(C(=O)O)CC3)ccc12. The van der Waals surface area contributed by atoms with E-state index in [0.717, 1.165) is 41.0 Å². The van der Waals surface area contributed by atoms with Crippen molar-refractivity contribution >= 4 is 40.2 Å². The topological polar surface area (TPSA) is 82.5 Å². The summed E-state index contributed by atoms with van der Waals surface area (Å²) in [4.78, 5) is 31.6. The lowest BCUT2D eigenvalue weighted by molar-refractivity contribution is -0.142. The quantitative estimate of drug-likeness (QED) is 0.618. The highest BCUT2D eigenvalue weighted by molar-refractivity contribution is 6.35. The highest BCUT2D eigenvalue weighted by atomic mass is 35.5. The number of nitrogens with zero attached hydrogens (tertiary/aromatic N) is 2. The van der Waals surface area contributed by atoms with Gasteiger partial charge in [0.15, 0.2) is 0 Å². The number of hydrogen-bond acceptors (Lipinski definition) is 4. The number of aromatic nitrogens is 1. The van der Waals surface area contributed by atoms with Crippen LogP contribution in [0.15, 0.2) is 24.3 Å². The standard InChI is InChI=1S/C27H32ClN3O3/c28-21-2-3-22-20(1-4-23(30-22)31-7-5-19(6-8-31)26(33)34)24(21)25(32)29-15-27-12-16-9-17(13-27)11-18(10-16)14-27/h1-4,16-19H,5-15H2,(H,29,32)(H,33,34). The van der Waals surface area contributed by atoms with Crippen LogP contribution in [0.1, 0.15) is 61.7 Å². The first-order valence-electron chi connectivity index (χ1n) is 12.7. The number of hydrogen-bond donors (Lipinski definition) is 2.